The van der Waals surface area contributed by atoms with Crippen molar-refractivity contribution in [1.82, 2.24) is 0 Å². The molecule has 0 fully saturated rings. The average Bonchev–Trinajstić information content (AvgIpc) is 2.21. The number of hydrogen-bond donors (Lipinski definition) is 2. The van der Waals surface area contributed by atoms with Crippen LogP contribution in [0.1, 0.15) is 0 Å². The van der Waals surface area contributed by atoms with E-state index >= 15 is 0 Å². The largest absolute Gasteiger partial charge is 0.508 e. The lowest BCUT2D eigenvalue weighted by Crippen LogP contribution is -2.13. The third-order valence-electron chi connectivity index (χ3n) is 1.41. The van der Waals surface area contributed by atoms with Crippen molar-refractivity contribution in [2.75, 3.05) is 14.2 Å². The number of benzene rings is 1. The Morgan fingerprint density at radius 2 is 1.67 bits per heavy atom. The van der Waals surface area contributed by atoms with Crippen LogP contribution in [0.15, 0.2) is 24.3 Å². The molecule has 1 aromatic rings. The summed E-state index contributed by atoms with van der Waals surface area (Å²) in [5.41, 5.74) is 0. The maximum Gasteiger partial charge on any atom is 0.214 e. The number of carbonyl (C=O) groups excluding carboxylic acids is 1. The molecule has 0 aliphatic rings. The van der Waals surface area contributed by atoms with Crippen molar-refractivity contribution >= 4 is 6.29 Å². The molecule has 0 aromatic heterocycles. The van der Waals surface area contributed by atoms with Crippen LogP contribution in [0, 0.1) is 0 Å². The first-order chi connectivity index (χ1) is 7.13. The second-order valence-electron chi connectivity index (χ2n) is 2.50. The SMILES string of the molecule is COC(C=O)OC.Oc1cccc(O)c1. The molecule has 0 aliphatic heterocycles. The molecule has 1 rings (SSSR count). The van der Waals surface area contributed by atoms with Crippen molar-refractivity contribution in [2.45, 2.75) is 6.29 Å². The number of methoxy groups -OCH3 is 2. The Morgan fingerprint density at radius 3 is 1.80 bits per heavy atom. The average molecular weight is 214 g/mol. The van der Waals surface area contributed by atoms with Crippen molar-refractivity contribution in [3.8, 4) is 11.5 Å². The first kappa shape index (κ1) is 13.4. The maximum atomic E-state index is 9.72. The van der Waals surface area contributed by atoms with Crippen LogP contribution in [0.25, 0.3) is 0 Å². The fraction of sp³-hybridized carbons (Fsp3) is 0.300. The van der Waals surface area contributed by atoms with Gasteiger partial charge in [-0.3, -0.25) is 4.79 Å². The van der Waals surface area contributed by atoms with Gasteiger partial charge >= 0.3 is 0 Å². The minimum Gasteiger partial charge on any atom is -0.508 e. The van der Waals surface area contributed by atoms with Crippen LogP contribution in [0.5, 0.6) is 11.5 Å². The summed E-state index contributed by atoms with van der Waals surface area (Å²) in [4.78, 5) is 9.72. The minimum atomic E-state index is -0.694. The van der Waals surface area contributed by atoms with Crippen molar-refractivity contribution in [1.29, 1.82) is 0 Å². The van der Waals surface area contributed by atoms with Gasteiger partial charge in [0.2, 0.25) is 6.29 Å². The zero-order chi connectivity index (χ0) is 11.7. The number of hydrogen-bond acceptors (Lipinski definition) is 5. The van der Waals surface area contributed by atoms with Gasteiger partial charge in [-0.05, 0) is 12.1 Å². The Balaban J connectivity index is 0.000000265. The topological polar surface area (TPSA) is 76.0 Å². The summed E-state index contributed by atoms with van der Waals surface area (Å²) in [6, 6.07) is 5.85. The molecular weight excluding hydrogens is 200 g/mol. The van der Waals surface area contributed by atoms with Crippen molar-refractivity contribution in [3.05, 3.63) is 24.3 Å². The van der Waals surface area contributed by atoms with E-state index in [4.69, 9.17) is 10.2 Å². The van der Waals surface area contributed by atoms with E-state index in [2.05, 4.69) is 9.47 Å². The standard InChI is InChI=1S/C6H6O2.C4H8O3/c7-5-2-1-3-6(8)4-5;1-6-4(3-5)7-2/h1-4,7-8H;3-4H,1-2H3. The van der Waals surface area contributed by atoms with Crippen LogP contribution in [0.2, 0.25) is 0 Å². The van der Waals surface area contributed by atoms with Crippen LogP contribution in [-0.2, 0) is 14.3 Å². The van der Waals surface area contributed by atoms with E-state index in [1.165, 1.54) is 32.4 Å². The maximum absolute atomic E-state index is 9.72. The Bertz CT molecular complexity index is 266. The van der Waals surface area contributed by atoms with Crippen molar-refractivity contribution in [3.63, 3.8) is 0 Å². The zero-order valence-electron chi connectivity index (χ0n) is 8.58. The summed E-state index contributed by atoms with van der Waals surface area (Å²) in [6.45, 7) is 0. The monoisotopic (exact) mass is 214 g/mol. The molecule has 5 heteroatoms. The molecule has 0 atom stereocenters. The van der Waals surface area contributed by atoms with E-state index in [1.54, 1.807) is 6.07 Å². The number of phenols is 2. The lowest BCUT2D eigenvalue weighted by atomic mass is 10.3. The lowest BCUT2D eigenvalue weighted by molar-refractivity contribution is -0.143. The number of carbonyl (C=O) groups is 1. The van der Waals surface area contributed by atoms with Gasteiger partial charge in [0, 0.05) is 20.3 Å². The van der Waals surface area contributed by atoms with Gasteiger partial charge in [-0.1, -0.05) is 6.07 Å². The highest BCUT2D eigenvalue weighted by Gasteiger charge is 1.97. The third-order valence-corrected chi connectivity index (χ3v) is 1.41. The van der Waals surface area contributed by atoms with Crippen LogP contribution >= 0.6 is 0 Å². The predicted octanol–water partition coefficient (Wildman–Crippen LogP) is 0.902. The molecule has 5 nitrogen and oxygen atoms in total. The Hall–Kier alpha value is -1.59. The van der Waals surface area contributed by atoms with Gasteiger partial charge in [0.15, 0.2) is 6.29 Å². The van der Waals surface area contributed by atoms with Gasteiger partial charge in [-0.25, -0.2) is 0 Å². The quantitative estimate of drug-likeness (QED) is 0.577. The lowest BCUT2D eigenvalue weighted by Gasteiger charge is -2.01. The highest BCUT2D eigenvalue weighted by molar-refractivity contribution is 5.53. The van der Waals surface area contributed by atoms with Gasteiger partial charge in [0.25, 0.3) is 0 Å². The summed E-state index contributed by atoms with van der Waals surface area (Å²) in [5, 5.41) is 17.3. The van der Waals surface area contributed by atoms with Gasteiger partial charge < -0.3 is 19.7 Å². The van der Waals surface area contributed by atoms with Crippen LogP contribution in [0.4, 0.5) is 0 Å². The molecule has 0 amide bonds. The Kier molecular flexibility index (Phi) is 6.96. The Morgan fingerprint density at radius 1 is 1.20 bits per heavy atom. The van der Waals surface area contributed by atoms with Crippen LogP contribution < -0.4 is 0 Å². The van der Waals surface area contributed by atoms with E-state index < -0.39 is 6.29 Å². The van der Waals surface area contributed by atoms with E-state index in [0.717, 1.165) is 0 Å². The fourth-order valence-electron chi connectivity index (χ4n) is 0.700. The Labute approximate surface area is 87.9 Å². The van der Waals surface area contributed by atoms with E-state index in [1.807, 2.05) is 0 Å². The van der Waals surface area contributed by atoms with Crippen LogP contribution in [0.3, 0.4) is 0 Å². The fourth-order valence-corrected chi connectivity index (χ4v) is 0.700. The van der Waals surface area contributed by atoms with Crippen molar-refractivity contribution in [2.24, 2.45) is 0 Å². The molecule has 0 saturated heterocycles. The summed E-state index contributed by atoms with van der Waals surface area (Å²) < 4.78 is 8.92. The minimum absolute atomic E-state index is 0.0880. The first-order valence-electron chi connectivity index (χ1n) is 4.13. The number of aldehydes is 1. The summed E-state index contributed by atoms with van der Waals surface area (Å²) in [7, 11) is 2.81. The molecule has 84 valence electrons. The molecule has 0 heterocycles. The number of phenolic OH excluding ortho intramolecular Hbond substituents is 2. The molecule has 0 saturated carbocycles. The summed E-state index contributed by atoms with van der Waals surface area (Å²) in [5.74, 6) is 0.176. The molecule has 0 aliphatic carbocycles. The van der Waals surface area contributed by atoms with Gasteiger partial charge in [0.1, 0.15) is 11.5 Å². The van der Waals surface area contributed by atoms with Gasteiger partial charge in [0.05, 0.1) is 0 Å². The summed E-state index contributed by atoms with van der Waals surface area (Å²) in [6.07, 6.45) is -0.111. The molecule has 0 bridgehead atoms. The highest BCUT2D eigenvalue weighted by Crippen LogP contribution is 2.14. The molecule has 0 unspecified atom stereocenters. The van der Waals surface area contributed by atoms with Crippen molar-refractivity contribution < 1.29 is 24.5 Å². The molecular formula is C10H14O5. The molecule has 2 N–H and O–H groups in total. The third kappa shape index (κ3) is 6.48. The van der Waals surface area contributed by atoms with E-state index in [0.29, 0.717) is 6.29 Å². The second-order valence-corrected chi connectivity index (χ2v) is 2.50. The highest BCUT2D eigenvalue weighted by atomic mass is 16.7. The first-order valence-corrected chi connectivity index (χ1v) is 4.13. The molecule has 0 radical (unpaired) electrons. The number of ether oxygens (including phenoxy) is 2. The normalized spacial score (nSPS) is 9.27. The van der Waals surface area contributed by atoms with Gasteiger partial charge in [-0.15, -0.1) is 0 Å². The van der Waals surface area contributed by atoms with Gasteiger partial charge in [-0.2, -0.15) is 0 Å². The number of aromatic hydroxyl groups is 2. The smallest absolute Gasteiger partial charge is 0.214 e. The predicted molar refractivity (Wildman–Crippen MR) is 53.6 cm³/mol. The van der Waals surface area contributed by atoms with E-state index in [-0.39, 0.29) is 11.5 Å². The molecule has 15 heavy (non-hydrogen) atoms. The molecule has 0 spiro atoms. The van der Waals surface area contributed by atoms with E-state index in [9.17, 15) is 4.79 Å². The van der Waals surface area contributed by atoms with Crippen LogP contribution in [-0.4, -0.2) is 37.0 Å². The molecule has 1 aromatic carbocycles. The zero-order valence-corrected chi connectivity index (χ0v) is 8.58. The second kappa shape index (κ2) is 7.78. The number of rotatable bonds is 3. The summed E-state index contributed by atoms with van der Waals surface area (Å²) >= 11 is 0.